The van der Waals surface area contributed by atoms with E-state index in [4.69, 9.17) is 5.11 Å². The van der Waals surface area contributed by atoms with Gasteiger partial charge in [-0.05, 0) is 24.5 Å². The molecule has 1 aliphatic heterocycles. The summed E-state index contributed by atoms with van der Waals surface area (Å²) in [5, 5.41) is 11.9. The molecule has 0 spiro atoms. The van der Waals surface area contributed by atoms with E-state index in [0.717, 1.165) is 6.42 Å². The lowest BCUT2D eigenvalue weighted by Gasteiger charge is -2.23. The van der Waals surface area contributed by atoms with Crippen LogP contribution in [0.3, 0.4) is 0 Å². The van der Waals surface area contributed by atoms with Crippen molar-refractivity contribution in [1.29, 1.82) is 0 Å². The molecular formula is C13H16N2O3. The van der Waals surface area contributed by atoms with E-state index in [0.29, 0.717) is 12.2 Å². The lowest BCUT2D eigenvalue weighted by atomic mass is 10.0. The molecule has 0 aromatic heterocycles. The molecule has 5 heteroatoms. The maximum atomic E-state index is 12.0. The minimum absolute atomic E-state index is 0.0102. The Kier molecular flexibility index (Phi) is 3.50. The van der Waals surface area contributed by atoms with Gasteiger partial charge in [-0.2, -0.15) is 0 Å². The van der Waals surface area contributed by atoms with Crippen LogP contribution in [0.1, 0.15) is 13.3 Å². The van der Waals surface area contributed by atoms with Crippen molar-refractivity contribution in [1.82, 2.24) is 4.90 Å². The summed E-state index contributed by atoms with van der Waals surface area (Å²) in [5.74, 6) is -0.952. The summed E-state index contributed by atoms with van der Waals surface area (Å²) in [5.41, 5.74) is 0.672. The van der Waals surface area contributed by atoms with Gasteiger partial charge in [0, 0.05) is 12.2 Å². The number of nitrogens with one attached hydrogen (secondary N) is 1. The predicted molar refractivity (Wildman–Crippen MR) is 67.4 cm³/mol. The zero-order chi connectivity index (χ0) is 13.1. The predicted octanol–water partition coefficient (Wildman–Crippen LogP) is 2.01. The van der Waals surface area contributed by atoms with Crippen LogP contribution in [0.15, 0.2) is 30.3 Å². The van der Waals surface area contributed by atoms with E-state index in [1.807, 2.05) is 25.1 Å². The van der Waals surface area contributed by atoms with Gasteiger partial charge in [0.25, 0.3) is 0 Å². The SMILES string of the molecule is CC1CCN(C(=O)Nc2ccccc2)C1C(=O)O. The van der Waals surface area contributed by atoms with E-state index in [1.165, 1.54) is 4.90 Å². The van der Waals surface area contributed by atoms with Crippen LogP contribution >= 0.6 is 0 Å². The third kappa shape index (κ3) is 2.45. The third-order valence-corrected chi connectivity index (χ3v) is 3.24. The topological polar surface area (TPSA) is 69.6 Å². The van der Waals surface area contributed by atoms with E-state index >= 15 is 0 Å². The van der Waals surface area contributed by atoms with Crippen LogP contribution in [0, 0.1) is 5.92 Å². The zero-order valence-electron chi connectivity index (χ0n) is 10.2. The Bertz CT molecular complexity index is 447. The fraction of sp³-hybridized carbons (Fsp3) is 0.385. The summed E-state index contributed by atoms with van der Waals surface area (Å²) in [6.45, 7) is 2.34. The molecule has 1 fully saturated rings. The average molecular weight is 248 g/mol. The number of carbonyl (C=O) groups is 2. The van der Waals surface area contributed by atoms with Gasteiger partial charge in [0.1, 0.15) is 6.04 Å². The number of para-hydroxylation sites is 1. The third-order valence-electron chi connectivity index (χ3n) is 3.24. The number of carboxylic acid groups (broad SMARTS) is 1. The van der Waals surface area contributed by atoms with Crippen LogP contribution in [-0.2, 0) is 4.79 Å². The maximum absolute atomic E-state index is 12.0. The monoisotopic (exact) mass is 248 g/mol. The Balaban J connectivity index is 2.07. The summed E-state index contributed by atoms with van der Waals surface area (Å²) in [7, 11) is 0. The Hall–Kier alpha value is -2.04. The van der Waals surface area contributed by atoms with Crippen LogP contribution in [0.4, 0.5) is 10.5 Å². The normalized spacial score (nSPS) is 22.8. The summed E-state index contributed by atoms with van der Waals surface area (Å²) in [6, 6.07) is 7.95. The van der Waals surface area contributed by atoms with Crippen molar-refractivity contribution >= 4 is 17.7 Å². The van der Waals surface area contributed by atoms with Crippen LogP contribution in [-0.4, -0.2) is 34.6 Å². The number of benzene rings is 1. The number of amides is 2. The van der Waals surface area contributed by atoms with Gasteiger partial charge in [0.15, 0.2) is 0 Å². The summed E-state index contributed by atoms with van der Waals surface area (Å²) >= 11 is 0. The first-order valence-electron chi connectivity index (χ1n) is 5.95. The number of likely N-dealkylation sites (tertiary alicyclic amines) is 1. The molecule has 2 unspecified atom stereocenters. The van der Waals surface area contributed by atoms with Gasteiger partial charge in [-0.15, -0.1) is 0 Å². The number of hydrogen-bond donors (Lipinski definition) is 2. The van der Waals surface area contributed by atoms with Crippen molar-refractivity contribution in [3.05, 3.63) is 30.3 Å². The second-order valence-electron chi connectivity index (χ2n) is 4.54. The molecule has 0 bridgehead atoms. The standard InChI is InChI=1S/C13H16N2O3/c1-9-7-8-15(11(9)12(16)17)13(18)14-10-5-3-2-4-6-10/h2-6,9,11H,7-8H2,1H3,(H,14,18)(H,16,17). The molecule has 18 heavy (non-hydrogen) atoms. The fourth-order valence-electron chi connectivity index (χ4n) is 2.27. The number of carboxylic acids is 1. The van der Waals surface area contributed by atoms with Crippen LogP contribution in [0.25, 0.3) is 0 Å². The Morgan fingerprint density at radius 3 is 2.61 bits per heavy atom. The highest BCUT2D eigenvalue weighted by atomic mass is 16.4. The van der Waals surface area contributed by atoms with Gasteiger partial charge in [-0.1, -0.05) is 25.1 Å². The molecule has 2 amide bonds. The number of anilines is 1. The molecule has 1 heterocycles. The fourth-order valence-corrected chi connectivity index (χ4v) is 2.27. The first-order chi connectivity index (χ1) is 8.59. The van der Waals surface area contributed by atoms with Gasteiger partial charge >= 0.3 is 12.0 Å². The quantitative estimate of drug-likeness (QED) is 0.841. The molecule has 2 rings (SSSR count). The van der Waals surface area contributed by atoms with Crippen LogP contribution in [0.2, 0.25) is 0 Å². The highest BCUT2D eigenvalue weighted by Crippen LogP contribution is 2.24. The van der Waals surface area contributed by atoms with Crippen LogP contribution < -0.4 is 5.32 Å². The molecule has 0 radical (unpaired) electrons. The highest BCUT2D eigenvalue weighted by molar-refractivity contribution is 5.92. The summed E-state index contributed by atoms with van der Waals surface area (Å²) in [6.07, 6.45) is 0.721. The van der Waals surface area contributed by atoms with Crippen molar-refractivity contribution in [2.75, 3.05) is 11.9 Å². The molecule has 2 N–H and O–H groups in total. The molecule has 1 aliphatic rings. The molecule has 1 aromatic carbocycles. The van der Waals surface area contributed by atoms with E-state index in [-0.39, 0.29) is 11.9 Å². The van der Waals surface area contributed by atoms with Gasteiger partial charge in [-0.3, -0.25) is 0 Å². The average Bonchev–Trinajstić information content (AvgIpc) is 2.72. The van der Waals surface area contributed by atoms with Gasteiger partial charge in [0.2, 0.25) is 0 Å². The smallest absolute Gasteiger partial charge is 0.326 e. The van der Waals surface area contributed by atoms with Gasteiger partial charge < -0.3 is 15.3 Å². The van der Waals surface area contributed by atoms with Crippen molar-refractivity contribution in [2.45, 2.75) is 19.4 Å². The molecule has 0 aliphatic carbocycles. The molecular weight excluding hydrogens is 232 g/mol. The molecule has 1 aromatic rings. The first kappa shape index (κ1) is 12.4. The molecule has 5 nitrogen and oxygen atoms in total. The number of nitrogens with zero attached hydrogens (tertiary/aromatic N) is 1. The van der Waals surface area contributed by atoms with E-state index < -0.39 is 12.0 Å². The number of urea groups is 1. The Labute approximate surface area is 105 Å². The number of hydrogen-bond acceptors (Lipinski definition) is 2. The van der Waals surface area contributed by atoms with Gasteiger partial charge in [0.05, 0.1) is 0 Å². The Morgan fingerprint density at radius 1 is 1.33 bits per heavy atom. The highest BCUT2D eigenvalue weighted by Gasteiger charge is 2.39. The summed E-state index contributed by atoms with van der Waals surface area (Å²) < 4.78 is 0. The van der Waals surface area contributed by atoms with E-state index in [9.17, 15) is 9.59 Å². The minimum atomic E-state index is -0.941. The lowest BCUT2D eigenvalue weighted by molar-refractivity contribution is -0.142. The number of rotatable bonds is 2. The minimum Gasteiger partial charge on any atom is -0.480 e. The second-order valence-corrected chi connectivity index (χ2v) is 4.54. The molecule has 2 atom stereocenters. The van der Waals surface area contributed by atoms with E-state index in [2.05, 4.69) is 5.32 Å². The lowest BCUT2D eigenvalue weighted by Crippen LogP contribution is -2.44. The van der Waals surface area contributed by atoms with Crippen molar-refractivity contribution in [3.8, 4) is 0 Å². The maximum Gasteiger partial charge on any atom is 0.326 e. The van der Waals surface area contributed by atoms with Crippen molar-refractivity contribution in [2.24, 2.45) is 5.92 Å². The zero-order valence-corrected chi connectivity index (χ0v) is 10.2. The van der Waals surface area contributed by atoms with E-state index in [1.54, 1.807) is 12.1 Å². The number of aliphatic carboxylic acids is 1. The van der Waals surface area contributed by atoms with Crippen LogP contribution in [0.5, 0.6) is 0 Å². The molecule has 1 saturated heterocycles. The van der Waals surface area contributed by atoms with Crippen molar-refractivity contribution < 1.29 is 14.7 Å². The molecule has 0 saturated carbocycles. The second kappa shape index (κ2) is 5.08. The van der Waals surface area contributed by atoms with Gasteiger partial charge in [-0.25, -0.2) is 9.59 Å². The number of carbonyl (C=O) groups excluding carboxylic acids is 1. The first-order valence-corrected chi connectivity index (χ1v) is 5.95. The Morgan fingerprint density at radius 2 is 2.00 bits per heavy atom. The van der Waals surface area contributed by atoms with Crippen molar-refractivity contribution in [3.63, 3.8) is 0 Å². The summed E-state index contributed by atoms with van der Waals surface area (Å²) in [4.78, 5) is 24.6. The largest absolute Gasteiger partial charge is 0.480 e. The molecule has 96 valence electrons.